The minimum Gasteiger partial charge on any atom is -0.493 e. The Bertz CT molecular complexity index is 914. The molecule has 130 valence electrons. The molecule has 0 saturated heterocycles. The number of hydrogen-bond acceptors (Lipinski definition) is 3. The van der Waals surface area contributed by atoms with Gasteiger partial charge in [0.25, 0.3) is 0 Å². The van der Waals surface area contributed by atoms with E-state index in [-0.39, 0.29) is 6.04 Å². The van der Waals surface area contributed by atoms with Crippen molar-refractivity contribution < 1.29 is 9.47 Å². The number of methoxy groups -OCH3 is 2. The summed E-state index contributed by atoms with van der Waals surface area (Å²) >= 11 is 0. The predicted molar refractivity (Wildman–Crippen MR) is 101 cm³/mol. The minimum atomic E-state index is 0.286. The molecule has 1 aliphatic heterocycles. The van der Waals surface area contributed by atoms with Crippen LogP contribution in [0.3, 0.4) is 0 Å². The fourth-order valence-electron chi connectivity index (χ4n) is 3.98. The van der Waals surface area contributed by atoms with E-state index >= 15 is 0 Å². The average molecular weight is 336 g/mol. The summed E-state index contributed by atoms with van der Waals surface area (Å²) in [4.78, 5) is 3.66. The van der Waals surface area contributed by atoms with Gasteiger partial charge in [0.15, 0.2) is 11.5 Å². The fourth-order valence-corrected chi connectivity index (χ4v) is 3.98. The van der Waals surface area contributed by atoms with Gasteiger partial charge in [-0.3, -0.25) is 0 Å². The second-order valence-electron chi connectivity index (χ2n) is 6.66. The highest BCUT2D eigenvalue weighted by molar-refractivity contribution is 5.88. The third-order valence-electron chi connectivity index (χ3n) is 5.17. The van der Waals surface area contributed by atoms with Gasteiger partial charge in [-0.1, -0.05) is 18.2 Å². The Kier molecular flexibility index (Phi) is 4.14. The number of aromatic nitrogens is 1. The number of nitrogens with one attached hydrogen (secondary N) is 2. The van der Waals surface area contributed by atoms with Gasteiger partial charge in [0, 0.05) is 16.6 Å². The van der Waals surface area contributed by atoms with Crippen LogP contribution in [0.25, 0.3) is 10.9 Å². The number of aryl methyl sites for hydroxylation is 1. The lowest BCUT2D eigenvalue weighted by molar-refractivity contribution is 0.354. The molecule has 2 heterocycles. The van der Waals surface area contributed by atoms with E-state index in [0.29, 0.717) is 0 Å². The molecule has 2 aromatic carbocycles. The fraction of sp³-hybridized carbons (Fsp3) is 0.333. The topological polar surface area (TPSA) is 46.3 Å². The lowest BCUT2D eigenvalue weighted by Gasteiger charge is -2.25. The van der Waals surface area contributed by atoms with Crippen LogP contribution in [0.2, 0.25) is 0 Å². The van der Waals surface area contributed by atoms with E-state index in [1.165, 1.54) is 33.3 Å². The molecule has 1 unspecified atom stereocenters. The highest BCUT2D eigenvalue weighted by Crippen LogP contribution is 2.35. The summed E-state index contributed by atoms with van der Waals surface area (Å²) in [6.45, 7) is 3.20. The van der Waals surface area contributed by atoms with Crippen molar-refractivity contribution in [3.63, 3.8) is 0 Å². The maximum Gasteiger partial charge on any atom is 0.160 e. The summed E-state index contributed by atoms with van der Waals surface area (Å²) in [6, 6.07) is 12.9. The van der Waals surface area contributed by atoms with E-state index in [4.69, 9.17) is 9.47 Å². The zero-order chi connectivity index (χ0) is 17.4. The average Bonchev–Trinajstić information content (AvgIpc) is 3.02. The number of H-pyrrole nitrogens is 1. The highest BCUT2D eigenvalue weighted by atomic mass is 16.5. The van der Waals surface area contributed by atoms with E-state index in [1.54, 1.807) is 14.2 Å². The quantitative estimate of drug-likeness (QED) is 0.759. The Balaban J connectivity index is 1.70. The molecular weight excluding hydrogens is 312 g/mol. The summed E-state index contributed by atoms with van der Waals surface area (Å²) in [5, 5.41) is 5.07. The Morgan fingerprint density at radius 3 is 2.72 bits per heavy atom. The molecular formula is C21H24N2O2. The van der Waals surface area contributed by atoms with Crippen LogP contribution in [-0.4, -0.2) is 25.7 Å². The molecule has 0 amide bonds. The van der Waals surface area contributed by atoms with Crippen LogP contribution in [0.4, 0.5) is 0 Å². The zero-order valence-corrected chi connectivity index (χ0v) is 15.0. The summed E-state index contributed by atoms with van der Waals surface area (Å²) in [7, 11) is 3.35. The van der Waals surface area contributed by atoms with Crippen LogP contribution in [0.1, 0.15) is 28.4 Å². The number of benzene rings is 2. The first kappa shape index (κ1) is 16.0. The van der Waals surface area contributed by atoms with Gasteiger partial charge >= 0.3 is 0 Å². The van der Waals surface area contributed by atoms with E-state index in [9.17, 15) is 0 Å². The molecule has 4 rings (SSSR count). The Labute approximate surface area is 148 Å². The highest BCUT2D eigenvalue weighted by Gasteiger charge is 2.25. The molecule has 1 aliphatic rings. The van der Waals surface area contributed by atoms with Crippen LogP contribution < -0.4 is 14.8 Å². The third kappa shape index (κ3) is 2.76. The van der Waals surface area contributed by atoms with Crippen molar-refractivity contribution in [2.75, 3.05) is 20.8 Å². The molecule has 4 nitrogen and oxygen atoms in total. The van der Waals surface area contributed by atoms with E-state index in [2.05, 4.69) is 47.6 Å². The van der Waals surface area contributed by atoms with E-state index in [1.807, 2.05) is 6.07 Å². The van der Waals surface area contributed by atoms with Crippen molar-refractivity contribution in [2.45, 2.75) is 25.8 Å². The first-order valence-corrected chi connectivity index (χ1v) is 8.75. The smallest absolute Gasteiger partial charge is 0.160 e. The lowest BCUT2D eigenvalue weighted by Crippen LogP contribution is -2.31. The predicted octanol–water partition coefficient (Wildman–Crippen LogP) is 3.92. The van der Waals surface area contributed by atoms with Gasteiger partial charge < -0.3 is 19.8 Å². The van der Waals surface area contributed by atoms with Crippen molar-refractivity contribution >= 4 is 10.9 Å². The molecule has 0 aliphatic carbocycles. The molecule has 1 atom stereocenters. The second kappa shape index (κ2) is 6.45. The molecule has 0 fully saturated rings. The molecule has 0 saturated carbocycles. The van der Waals surface area contributed by atoms with Gasteiger partial charge in [-0.05, 0) is 61.2 Å². The number of hydrogen-bond donors (Lipinski definition) is 2. The summed E-state index contributed by atoms with van der Waals surface area (Å²) in [5.74, 6) is 1.55. The first-order valence-electron chi connectivity index (χ1n) is 8.75. The van der Waals surface area contributed by atoms with Crippen LogP contribution in [0, 0.1) is 6.92 Å². The largest absolute Gasteiger partial charge is 0.493 e. The molecule has 4 heteroatoms. The number of aromatic amines is 1. The van der Waals surface area contributed by atoms with Gasteiger partial charge in [0.05, 0.1) is 20.3 Å². The monoisotopic (exact) mass is 336 g/mol. The van der Waals surface area contributed by atoms with Gasteiger partial charge in [-0.2, -0.15) is 0 Å². The number of rotatable bonds is 4. The maximum absolute atomic E-state index is 5.45. The summed E-state index contributed by atoms with van der Waals surface area (Å²) in [6.07, 6.45) is 1.99. The molecule has 2 N–H and O–H groups in total. The normalized spacial score (nSPS) is 16.7. The third-order valence-corrected chi connectivity index (χ3v) is 5.17. The van der Waals surface area contributed by atoms with Crippen LogP contribution in [0.5, 0.6) is 11.5 Å². The van der Waals surface area contributed by atoms with Crippen LogP contribution in [-0.2, 0) is 12.8 Å². The van der Waals surface area contributed by atoms with Gasteiger partial charge in [-0.15, -0.1) is 0 Å². The van der Waals surface area contributed by atoms with E-state index in [0.717, 1.165) is 30.9 Å². The molecule has 0 radical (unpaired) electrons. The summed E-state index contributed by atoms with van der Waals surface area (Å²) in [5.41, 5.74) is 6.62. The molecule has 1 aromatic heterocycles. The molecule has 0 bridgehead atoms. The maximum atomic E-state index is 5.45. The lowest BCUT2D eigenvalue weighted by atomic mass is 9.93. The Morgan fingerprint density at radius 1 is 1.08 bits per heavy atom. The van der Waals surface area contributed by atoms with Gasteiger partial charge in [0.2, 0.25) is 0 Å². The zero-order valence-electron chi connectivity index (χ0n) is 15.0. The summed E-state index contributed by atoms with van der Waals surface area (Å²) < 4.78 is 10.8. The van der Waals surface area contributed by atoms with Crippen molar-refractivity contribution in [2.24, 2.45) is 0 Å². The van der Waals surface area contributed by atoms with Crippen molar-refractivity contribution in [3.05, 3.63) is 58.8 Å². The van der Waals surface area contributed by atoms with Crippen molar-refractivity contribution in [1.82, 2.24) is 10.3 Å². The minimum absolute atomic E-state index is 0.286. The Hall–Kier alpha value is -2.46. The van der Waals surface area contributed by atoms with Crippen LogP contribution in [0.15, 0.2) is 36.4 Å². The number of ether oxygens (including phenoxy) is 2. The van der Waals surface area contributed by atoms with Crippen LogP contribution >= 0.6 is 0 Å². The molecule has 0 spiro atoms. The van der Waals surface area contributed by atoms with Gasteiger partial charge in [0.1, 0.15) is 0 Å². The van der Waals surface area contributed by atoms with Crippen molar-refractivity contribution in [3.8, 4) is 11.5 Å². The standard InChI is InChI=1S/C21H24N2O2/c1-13-5-4-6-16-20(13)15-9-10-22-17(21(15)23-16)11-14-7-8-18(24-2)19(12-14)25-3/h4-8,12,17,22-23H,9-11H2,1-3H3. The van der Waals surface area contributed by atoms with Gasteiger partial charge in [-0.25, -0.2) is 0 Å². The number of fused-ring (bicyclic) bond motifs is 3. The van der Waals surface area contributed by atoms with Crippen molar-refractivity contribution in [1.29, 1.82) is 0 Å². The Morgan fingerprint density at radius 2 is 1.92 bits per heavy atom. The SMILES string of the molecule is COc1ccc(CC2NCCc3c2[nH]c2cccc(C)c32)cc1OC. The second-order valence-corrected chi connectivity index (χ2v) is 6.66. The molecule has 25 heavy (non-hydrogen) atoms. The van der Waals surface area contributed by atoms with E-state index < -0.39 is 0 Å². The first-order chi connectivity index (χ1) is 12.2. The molecule has 3 aromatic rings.